The van der Waals surface area contributed by atoms with Gasteiger partial charge in [0.2, 0.25) is 0 Å². The third-order valence-electron chi connectivity index (χ3n) is 2.31. The Morgan fingerprint density at radius 1 is 1.44 bits per heavy atom. The second-order valence-electron chi connectivity index (χ2n) is 3.26. The predicted molar refractivity (Wildman–Crippen MR) is 40.2 cm³/mol. The fourth-order valence-corrected chi connectivity index (χ4v) is 1.35. The van der Waals surface area contributed by atoms with Crippen molar-refractivity contribution in [3.05, 3.63) is 0 Å². The molecule has 1 nitrogen and oxygen atoms in total. The molecule has 0 aliphatic heterocycles. The lowest BCUT2D eigenvalue weighted by Gasteiger charge is -1.94. The number of hydrogen-bond acceptors (Lipinski definition) is 1. The van der Waals surface area contributed by atoms with Crippen LogP contribution in [0.5, 0.6) is 0 Å². The molecular weight excluding hydrogens is 110 g/mol. The summed E-state index contributed by atoms with van der Waals surface area (Å²) in [5.74, 6) is 2.10. The van der Waals surface area contributed by atoms with E-state index in [1.54, 1.807) is 0 Å². The molecule has 0 aromatic carbocycles. The number of hydrogen-bond donors (Lipinski definition) is 1. The molecule has 0 aromatic heterocycles. The molecule has 0 spiro atoms. The normalized spacial score (nSPS) is 32.7. The minimum Gasteiger partial charge on any atom is -0.330 e. The Hall–Kier alpha value is -0.0400. The molecule has 2 atom stereocenters. The second kappa shape index (κ2) is 3.21. The standard InChI is InChI=1S/C8H17N/c1-7-6-8(7)4-2-3-5-9/h7-8H,2-6,9H2,1H3/t7-,8?/m0/s1. The highest BCUT2D eigenvalue weighted by Crippen LogP contribution is 2.41. The zero-order valence-electron chi connectivity index (χ0n) is 6.27. The van der Waals surface area contributed by atoms with Crippen molar-refractivity contribution in [3.8, 4) is 0 Å². The van der Waals surface area contributed by atoms with Gasteiger partial charge in [0.1, 0.15) is 0 Å². The molecule has 2 N–H and O–H groups in total. The first-order valence-corrected chi connectivity index (χ1v) is 4.04. The lowest BCUT2D eigenvalue weighted by molar-refractivity contribution is 0.606. The molecule has 0 amide bonds. The van der Waals surface area contributed by atoms with Crippen LogP contribution in [0, 0.1) is 11.8 Å². The van der Waals surface area contributed by atoms with Gasteiger partial charge in [-0.15, -0.1) is 0 Å². The van der Waals surface area contributed by atoms with Gasteiger partial charge in [-0.1, -0.05) is 19.8 Å². The van der Waals surface area contributed by atoms with Gasteiger partial charge in [0.15, 0.2) is 0 Å². The SMILES string of the molecule is C[C@H]1CC1CCCCN. The molecule has 0 radical (unpaired) electrons. The Labute approximate surface area is 57.6 Å². The largest absolute Gasteiger partial charge is 0.330 e. The maximum Gasteiger partial charge on any atom is -0.00773 e. The molecular formula is C8H17N. The van der Waals surface area contributed by atoms with Crippen molar-refractivity contribution in [2.24, 2.45) is 17.6 Å². The lowest BCUT2D eigenvalue weighted by Crippen LogP contribution is -1.97. The predicted octanol–water partition coefficient (Wildman–Crippen LogP) is 1.77. The van der Waals surface area contributed by atoms with Crippen molar-refractivity contribution in [1.29, 1.82) is 0 Å². The molecule has 1 aliphatic carbocycles. The highest BCUT2D eigenvalue weighted by molar-refractivity contribution is 4.81. The van der Waals surface area contributed by atoms with Crippen LogP contribution in [0.25, 0.3) is 0 Å². The van der Waals surface area contributed by atoms with Crippen LogP contribution in [-0.4, -0.2) is 6.54 Å². The smallest absolute Gasteiger partial charge is 0.00773 e. The van der Waals surface area contributed by atoms with Crippen molar-refractivity contribution in [2.75, 3.05) is 6.54 Å². The van der Waals surface area contributed by atoms with Gasteiger partial charge in [0.25, 0.3) is 0 Å². The Balaban J connectivity index is 1.83. The van der Waals surface area contributed by atoms with E-state index >= 15 is 0 Å². The fourth-order valence-electron chi connectivity index (χ4n) is 1.35. The summed E-state index contributed by atoms with van der Waals surface area (Å²) in [6, 6.07) is 0. The summed E-state index contributed by atoms with van der Waals surface area (Å²) in [6.45, 7) is 3.22. The van der Waals surface area contributed by atoms with Crippen LogP contribution >= 0.6 is 0 Å². The molecule has 54 valence electrons. The van der Waals surface area contributed by atoms with E-state index in [-0.39, 0.29) is 0 Å². The third-order valence-corrected chi connectivity index (χ3v) is 2.31. The number of nitrogens with two attached hydrogens (primary N) is 1. The van der Waals surface area contributed by atoms with Gasteiger partial charge >= 0.3 is 0 Å². The Kier molecular flexibility index (Phi) is 2.52. The minimum absolute atomic E-state index is 0.876. The molecule has 9 heavy (non-hydrogen) atoms. The first kappa shape index (κ1) is 7.07. The van der Waals surface area contributed by atoms with Crippen LogP contribution in [0.3, 0.4) is 0 Å². The molecule has 1 fully saturated rings. The van der Waals surface area contributed by atoms with Gasteiger partial charge in [-0.2, -0.15) is 0 Å². The first-order chi connectivity index (χ1) is 4.34. The average molecular weight is 127 g/mol. The highest BCUT2D eigenvalue weighted by Gasteiger charge is 2.30. The molecule has 0 heterocycles. The van der Waals surface area contributed by atoms with Crippen molar-refractivity contribution >= 4 is 0 Å². The van der Waals surface area contributed by atoms with Gasteiger partial charge in [-0.25, -0.2) is 0 Å². The molecule has 1 heteroatoms. The maximum atomic E-state index is 5.37. The monoisotopic (exact) mass is 127 g/mol. The number of unbranched alkanes of at least 4 members (excludes halogenated alkanes) is 1. The number of rotatable bonds is 4. The van der Waals surface area contributed by atoms with E-state index in [1.165, 1.54) is 25.7 Å². The summed E-state index contributed by atoms with van der Waals surface area (Å²) in [4.78, 5) is 0. The molecule has 1 saturated carbocycles. The van der Waals surface area contributed by atoms with Gasteiger partial charge in [-0.05, 0) is 31.2 Å². The molecule has 0 aromatic rings. The summed E-state index contributed by atoms with van der Waals surface area (Å²) >= 11 is 0. The maximum absolute atomic E-state index is 5.37. The Bertz CT molecular complexity index is 80.6. The summed E-state index contributed by atoms with van der Waals surface area (Å²) in [6.07, 6.45) is 5.48. The molecule has 1 rings (SSSR count). The van der Waals surface area contributed by atoms with E-state index in [4.69, 9.17) is 5.73 Å². The fraction of sp³-hybridized carbons (Fsp3) is 1.00. The summed E-state index contributed by atoms with van der Waals surface area (Å²) in [5.41, 5.74) is 5.37. The summed E-state index contributed by atoms with van der Waals surface area (Å²) < 4.78 is 0. The van der Waals surface area contributed by atoms with E-state index in [0.29, 0.717) is 0 Å². The van der Waals surface area contributed by atoms with E-state index in [1.807, 2.05) is 0 Å². The molecule has 0 saturated heterocycles. The zero-order chi connectivity index (χ0) is 6.69. The average Bonchev–Trinajstić information content (AvgIpc) is 2.48. The van der Waals surface area contributed by atoms with Gasteiger partial charge in [0, 0.05) is 0 Å². The van der Waals surface area contributed by atoms with Crippen molar-refractivity contribution in [2.45, 2.75) is 32.6 Å². The van der Waals surface area contributed by atoms with E-state index in [9.17, 15) is 0 Å². The van der Waals surface area contributed by atoms with Crippen molar-refractivity contribution in [3.63, 3.8) is 0 Å². The minimum atomic E-state index is 0.876. The van der Waals surface area contributed by atoms with Gasteiger partial charge < -0.3 is 5.73 Å². The summed E-state index contributed by atoms with van der Waals surface area (Å²) in [7, 11) is 0. The van der Waals surface area contributed by atoms with E-state index in [0.717, 1.165) is 18.4 Å². The third kappa shape index (κ3) is 2.35. The topological polar surface area (TPSA) is 26.0 Å². The van der Waals surface area contributed by atoms with Gasteiger partial charge in [-0.3, -0.25) is 0 Å². The summed E-state index contributed by atoms with van der Waals surface area (Å²) in [5, 5.41) is 0. The Morgan fingerprint density at radius 2 is 2.11 bits per heavy atom. The van der Waals surface area contributed by atoms with Crippen LogP contribution in [0.4, 0.5) is 0 Å². The molecule has 1 unspecified atom stereocenters. The second-order valence-corrected chi connectivity index (χ2v) is 3.26. The van der Waals surface area contributed by atoms with E-state index in [2.05, 4.69) is 6.92 Å². The Morgan fingerprint density at radius 3 is 2.56 bits per heavy atom. The van der Waals surface area contributed by atoms with Crippen molar-refractivity contribution in [1.82, 2.24) is 0 Å². The quantitative estimate of drug-likeness (QED) is 0.572. The van der Waals surface area contributed by atoms with Crippen LogP contribution < -0.4 is 5.73 Å². The zero-order valence-corrected chi connectivity index (χ0v) is 6.27. The first-order valence-electron chi connectivity index (χ1n) is 4.04. The van der Waals surface area contributed by atoms with Crippen LogP contribution in [0.1, 0.15) is 32.6 Å². The molecule has 1 aliphatic rings. The van der Waals surface area contributed by atoms with Gasteiger partial charge in [0.05, 0.1) is 0 Å². The highest BCUT2D eigenvalue weighted by atomic mass is 14.5. The van der Waals surface area contributed by atoms with Crippen LogP contribution in [0.2, 0.25) is 0 Å². The van der Waals surface area contributed by atoms with Crippen LogP contribution in [0.15, 0.2) is 0 Å². The lowest BCUT2D eigenvalue weighted by atomic mass is 10.1. The van der Waals surface area contributed by atoms with E-state index < -0.39 is 0 Å². The molecule has 0 bridgehead atoms. The van der Waals surface area contributed by atoms with Crippen LogP contribution in [-0.2, 0) is 0 Å². The van der Waals surface area contributed by atoms with Crippen molar-refractivity contribution < 1.29 is 0 Å².